The van der Waals surface area contributed by atoms with Crippen LogP contribution in [0.2, 0.25) is 0 Å². The number of aromatic hydroxyl groups is 2. The molecule has 0 spiro atoms. The molecule has 6 aromatic carbocycles. The SMILES string of the molecule is [2H]c1c([2H])c([2H])c(-c2cccc(F)c2-c2cc(O)ccc2O)c([2H])c1[2H].[2H]c1c([2H])c([2H])c(-c2cccc(F)c2-c2cc(OC)ccc2OC)c([2H])c1[2H]. The highest BCUT2D eigenvalue weighted by Crippen LogP contribution is 2.41. The molecule has 0 aliphatic rings. The fourth-order valence-electron chi connectivity index (χ4n) is 4.52. The summed E-state index contributed by atoms with van der Waals surface area (Å²) in [5.74, 6) is -1.09. The first-order valence-corrected chi connectivity index (χ1v) is 13.0. The average Bonchev–Trinajstić information content (AvgIpc) is 3.16. The van der Waals surface area contributed by atoms with E-state index in [0.717, 1.165) is 12.1 Å². The highest BCUT2D eigenvalue weighted by molar-refractivity contribution is 5.88. The second-order valence-corrected chi connectivity index (χ2v) is 9.09. The third kappa shape index (κ3) is 6.40. The molecule has 0 aliphatic carbocycles. The Kier molecular flexibility index (Phi) is 6.03. The Hall–Kier alpha value is -5.62. The van der Waals surface area contributed by atoms with Crippen LogP contribution in [0.15, 0.2) is 133 Å². The zero-order valence-electron chi connectivity index (χ0n) is 33.4. The molecular formula is C38H30F2O4. The fraction of sp³-hybridized carbons (Fsp3) is 0.0526. The molecule has 0 aliphatic heterocycles. The third-order valence-corrected chi connectivity index (χ3v) is 6.49. The number of phenols is 2. The predicted octanol–water partition coefficient (Wildman–Crippen LogP) is 9.75. The van der Waals surface area contributed by atoms with E-state index in [0.29, 0.717) is 17.1 Å². The summed E-state index contributed by atoms with van der Waals surface area (Å²) in [6.45, 7) is 0. The van der Waals surface area contributed by atoms with E-state index in [1.165, 1.54) is 56.7 Å². The van der Waals surface area contributed by atoms with Crippen molar-refractivity contribution in [3.8, 4) is 67.5 Å². The molecule has 220 valence electrons. The second-order valence-electron chi connectivity index (χ2n) is 9.09. The van der Waals surface area contributed by atoms with Crippen LogP contribution in [0.1, 0.15) is 13.7 Å². The number of halogens is 2. The molecule has 4 nitrogen and oxygen atoms in total. The molecule has 6 heteroatoms. The van der Waals surface area contributed by atoms with E-state index >= 15 is 0 Å². The summed E-state index contributed by atoms with van der Waals surface area (Å²) < 4.78 is 120. The zero-order chi connectivity index (χ0) is 39.8. The smallest absolute Gasteiger partial charge is 0.131 e. The maximum absolute atomic E-state index is 15.0. The Labute approximate surface area is 269 Å². The predicted molar refractivity (Wildman–Crippen MR) is 171 cm³/mol. The van der Waals surface area contributed by atoms with Crippen molar-refractivity contribution < 1.29 is 42.2 Å². The summed E-state index contributed by atoms with van der Waals surface area (Å²) in [7, 11) is 2.92. The van der Waals surface area contributed by atoms with E-state index in [9.17, 15) is 19.0 Å². The van der Waals surface area contributed by atoms with E-state index in [1.54, 1.807) is 18.2 Å². The van der Waals surface area contributed by atoms with Crippen LogP contribution in [0.3, 0.4) is 0 Å². The van der Waals surface area contributed by atoms with Crippen molar-refractivity contribution in [2.45, 2.75) is 0 Å². The van der Waals surface area contributed by atoms with Gasteiger partial charge in [-0.25, -0.2) is 8.78 Å². The maximum atomic E-state index is 15.0. The van der Waals surface area contributed by atoms with Gasteiger partial charge >= 0.3 is 0 Å². The van der Waals surface area contributed by atoms with Gasteiger partial charge in [0.25, 0.3) is 0 Å². The van der Waals surface area contributed by atoms with Crippen molar-refractivity contribution in [3.05, 3.63) is 145 Å². The summed E-state index contributed by atoms with van der Waals surface area (Å²) >= 11 is 0. The lowest BCUT2D eigenvalue weighted by Crippen LogP contribution is -1.95. The summed E-state index contributed by atoms with van der Waals surface area (Å²) in [5, 5.41) is 19.8. The Morgan fingerprint density at radius 3 is 1.64 bits per heavy atom. The van der Waals surface area contributed by atoms with Gasteiger partial charge in [0.2, 0.25) is 0 Å². The minimum absolute atomic E-state index is 0.0166. The molecule has 0 amide bonds. The van der Waals surface area contributed by atoms with Crippen LogP contribution in [0.25, 0.3) is 44.5 Å². The van der Waals surface area contributed by atoms with Crippen molar-refractivity contribution in [2.75, 3.05) is 14.2 Å². The van der Waals surface area contributed by atoms with Crippen molar-refractivity contribution in [1.29, 1.82) is 0 Å². The Morgan fingerprint density at radius 2 is 1.11 bits per heavy atom. The van der Waals surface area contributed by atoms with E-state index in [1.807, 2.05) is 0 Å². The van der Waals surface area contributed by atoms with Crippen LogP contribution in [-0.2, 0) is 0 Å². The largest absolute Gasteiger partial charge is 0.508 e. The molecule has 0 bridgehead atoms. The van der Waals surface area contributed by atoms with Crippen LogP contribution in [0, 0.1) is 11.6 Å². The van der Waals surface area contributed by atoms with Crippen molar-refractivity contribution in [1.82, 2.24) is 0 Å². The van der Waals surface area contributed by atoms with Crippen molar-refractivity contribution >= 4 is 0 Å². The first-order valence-electron chi connectivity index (χ1n) is 18.0. The number of phenolic OH excluding ortho intramolecular Hbond substituents is 2. The Balaban J connectivity index is 0.000000208. The zero-order valence-corrected chi connectivity index (χ0v) is 23.4. The molecule has 2 N–H and O–H groups in total. The Morgan fingerprint density at radius 1 is 0.568 bits per heavy atom. The highest BCUT2D eigenvalue weighted by Gasteiger charge is 2.18. The van der Waals surface area contributed by atoms with Crippen LogP contribution >= 0.6 is 0 Å². The van der Waals surface area contributed by atoms with E-state index in [2.05, 4.69) is 0 Å². The van der Waals surface area contributed by atoms with Gasteiger partial charge in [-0.2, -0.15) is 0 Å². The summed E-state index contributed by atoms with van der Waals surface area (Å²) in [6, 6.07) is 11.6. The standard InChI is InChI=1S/C20H17FO2.C18H13FO2/c1-22-15-11-12-19(23-2)17(13-15)20-16(9-6-10-18(20)21)14-7-4-3-5-8-14;19-16-8-4-7-14(12-5-2-1-3-6-12)18(16)15-11-13(20)9-10-17(15)21/h3-13H,1-2H3;1-11,20-21H/i3D,4D,5D,7D,8D;1D,2D,3D,5D,6D. The minimum atomic E-state index is -0.768. The van der Waals surface area contributed by atoms with Gasteiger partial charge in [-0.1, -0.05) is 84.7 Å². The van der Waals surface area contributed by atoms with Crippen LogP contribution < -0.4 is 9.47 Å². The fourth-order valence-corrected chi connectivity index (χ4v) is 4.52. The van der Waals surface area contributed by atoms with Gasteiger partial charge in [-0.15, -0.1) is 0 Å². The number of rotatable bonds is 6. The quantitative estimate of drug-likeness (QED) is 0.187. The molecule has 0 saturated heterocycles. The van der Waals surface area contributed by atoms with Crippen molar-refractivity contribution in [2.24, 2.45) is 0 Å². The molecule has 0 unspecified atom stereocenters. The summed E-state index contributed by atoms with van der Waals surface area (Å²) in [4.78, 5) is 0. The molecule has 0 fully saturated rings. The van der Waals surface area contributed by atoms with Gasteiger partial charge < -0.3 is 19.7 Å². The lowest BCUT2D eigenvalue weighted by molar-refractivity contribution is 0.404. The topological polar surface area (TPSA) is 58.9 Å². The first kappa shape index (κ1) is 19.5. The average molecular weight is 599 g/mol. The van der Waals surface area contributed by atoms with Gasteiger partial charge in [0.1, 0.15) is 34.6 Å². The second kappa shape index (κ2) is 13.6. The molecular weight excluding hydrogens is 558 g/mol. The number of benzene rings is 6. The highest BCUT2D eigenvalue weighted by atomic mass is 19.1. The van der Waals surface area contributed by atoms with Crippen LogP contribution in [0.5, 0.6) is 23.0 Å². The van der Waals surface area contributed by atoms with Crippen LogP contribution in [-0.4, -0.2) is 24.4 Å². The normalized spacial score (nSPS) is 13.6. The molecule has 0 heterocycles. The molecule has 6 aromatic rings. The lowest BCUT2D eigenvalue weighted by Gasteiger charge is -2.15. The van der Waals surface area contributed by atoms with Crippen molar-refractivity contribution in [3.63, 3.8) is 0 Å². The molecule has 44 heavy (non-hydrogen) atoms. The molecule has 0 atom stereocenters. The van der Waals surface area contributed by atoms with Gasteiger partial charge in [0.15, 0.2) is 0 Å². The first-order chi connectivity index (χ1) is 25.5. The Bertz CT molecular complexity index is 2380. The van der Waals surface area contributed by atoms with E-state index < -0.39 is 72.1 Å². The lowest BCUT2D eigenvalue weighted by atomic mass is 9.93. The van der Waals surface area contributed by atoms with Crippen LogP contribution in [0.4, 0.5) is 8.78 Å². The van der Waals surface area contributed by atoms with Gasteiger partial charge in [-0.3, -0.25) is 0 Å². The maximum Gasteiger partial charge on any atom is 0.131 e. The van der Waals surface area contributed by atoms with Gasteiger partial charge in [0, 0.05) is 22.3 Å². The van der Waals surface area contributed by atoms with Gasteiger partial charge in [-0.05, 0) is 70.8 Å². The molecule has 6 rings (SSSR count). The summed E-state index contributed by atoms with van der Waals surface area (Å²) in [5.41, 5.74) is 0.118. The molecule has 0 aromatic heterocycles. The number of ether oxygens (including phenoxy) is 2. The minimum Gasteiger partial charge on any atom is -0.508 e. The number of methoxy groups -OCH3 is 2. The van der Waals surface area contributed by atoms with Gasteiger partial charge in [0.05, 0.1) is 27.9 Å². The third-order valence-electron chi connectivity index (χ3n) is 6.49. The van der Waals surface area contributed by atoms with E-state index in [-0.39, 0.29) is 50.4 Å². The van der Waals surface area contributed by atoms with E-state index in [4.69, 9.17) is 23.2 Å². The number of hydrogen-bond acceptors (Lipinski definition) is 4. The summed E-state index contributed by atoms with van der Waals surface area (Å²) in [6.07, 6.45) is 0. The molecule has 0 saturated carbocycles. The monoisotopic (exact) mass is 598 g/mol. The molecule has 0 radical (unpaired) electrons. The number of hydrogen-bond donors (Lipinski definition) is 2.